The third-order valence-corrected chi connectivity index (χ3v) is 4.81. The van der Waals surface area contributed by atoms with Gasteiger partial charge >= 0.3 is 0 Å². The van der Waals surface area contributed by atoms with Gasteiger partial charge in [-0.05, 0) is 24.8 Å². The lowest BCUT2D eigenvalue weighted by atomic mass is 10.1. The van der Waals surface area contributed by atoms with Crippen LogP contribution in [0, 0.1) is 10.1 Å². The molecule has 2 saturated heterocycles. The summed E-state index contributed by atoms with van der Waals surface area (Å²) in [6, 6.07) is 6.92. The van der Waals surface area contributed by atoms with Crippen molar-refractivity contribution in [3.63, 3.8) is 0 Å². The highest BCUT2D eigenvalue weighted by molar-refractivity contribution is 5.32. The van der Waals surface area contributed by atoms with Crippen molar-refractivity contribution in [3.05, 3.63) is 39.9 Å². The zero-order valence-electron chi connectivity index (χ0n) is 13.5. The average Bonchev–Trinajstić information content (AvgIpc) is 3.07. The van der Waals surface area contributed by atoms with Crippen molar-refractivity contribution in [3.8, 4) is 0 Å². The monoisotopic (exact) mass is 319 g/mol. The van der Waals surface area contributed by atoms with Gasteiger partial charge in [-0.25, -0.2) is 0 Å². The Balaban J connectivity index is 1.37. The number of ether oxygens (including phenoxy) is 1. The summed E-state index contributed by atoms with van der Waals surface area (Å²) in [5.74, 6) is 0. The molecule has 6 nitrogen and oxygen atoms in total. The Labute approximate surface area is 137 Å². The van der Waals surface area contributed by atoms with E-state index in [2.05, 4.69) is 9.80 Å². The van der Waals surface area contributed by atoms with Gasteiger partial charge in [0.15, 0.2) is 0 Å². The van der Waals surface area contributed by atoms with E-state index < -0.39 is 0 Å². The van der Waals surface area contributed by atoms with Gasteiger partial charge < -0.3 is 9.64 Å². The van der Waals surface area contributed by atoms with E-state index in [0.717, 1.165) is 57.9 Å². The van der Waals surface area contributed by atoms with Gasteiger partial charge in [-0.1, -0.05) is 12.1 Å². The summed E-state index contributed by atoms with van der Waals surface area (Å²) in [5.41, 5.74) is 1.33. The molecule has 2 aliphatic rings. The second-order valence-electron chi connectivity index (χ2n) is 6.45. The Kier molecular flexibility index (Phi) is 5.59. The molecule has 2 fully saturated rings. The lowest BCUT2D eigenvalue weighted by Gasteiger charge is -2.35. The van der Waals surface area contributed by atoms with Crippen molar-refractivity contribution in [1.82, 2.24) is 9.80 Å². The molecule has 23 heavy (non-hydrogen) atoms. The molecule has 0 unspecified atom stereocenters. The van der Waals surface area contributed by atoms with Crippen LogP contribution in [-0.4, -0.2) is 66.7 Å². The largest absolute Gasteiger partial charge is 0.377 e. The number of nitro benzene ring substituents is 1. The standard InChI is InChI=1S/C17H25N3O3/c21-20(22)16-5-3-15(4-6-16)7-8-18-9-11-19(12-10-18)14-17-2-1-13-23-17/h3-6,17H,1-2,7-14H2/t17-/m0/s1. The van der Waals surface area contributed by atoms with E-state index in [1.54, 1.807) is 12.1 Å². The summed E-state index contributed by atoms with van der Waals surface area (Å²) < 4.78 is 5.71. The fraction of sp³-hybridized carbons (Fsp3) is 0.647. The molecule has 2 heterocycles. The Morgan fingerprint density at radius 2 is 1.83 bits per heavy atom. The second-order valence-corrected chi connectivity index (χ2v) is 6.45. The topological polar surface area (TPSA) is 58.9 Å². The van der Waals surface area contributed by atoms with Gasteiger partial charge in [-0.3, -0.25) is 15.0 Å². The quantitative estimate of drug-likeness (QED) is 0.592. The van der Waals surface area contributed by atoms with Gasteiger partial charge in [0.05, 0.1) is 11.0 Å². The molecular formula is C17H25N3O3. The highest BCUT2D eigenvalue weighted by atomic mass is 16.6. The summed E-state index contributed by atoms with van der Waals surface area (Å²) in [6.07, 6.45) is 3.81. The number of hydrogen-bond acceptors (Lipinski definition) is 5. The van der Waals surface area contributed by atoms with E-state index in [9.17, 15) is 10.1 Å². The summed E-state index contributed by atoms with van der Waals surface area (Å²) >= 11 is 0. The van der Waals surface area contributed by atoms with Gasteiger partial charge in [0.25, 0.3) is 5.69 Å². The maximum absolute atomic E-state index is 10.7. The van der Waals surface area contributed by atoms with Gasteiger partial charge in [0.2, 0.25) is 0 Å². The molecule has 0 amide bonds. The van der Waals surface area contributed by atoms with Gasteiger partial charge in [0, 0.05) is 58.0 Å². The maximum atomic E-state index is 10.7. The van der Waals surface area contributed by atoms with E-state index in [-0.39, 0.29) is 10.6 Å². The Morgan fingerprint density at radius 3 is 2.43 bits per heavy atom. The molecule has 0 aliphatic carbocycles. The molecule has 126 valence electrons. The summed E-state index contributed by atoms with van der Waals surface area (Å²) in [6.45, 7) is 7.45. The number of hydrogen-bond donors (Lipinski definition) is 0. The van der Waals surface area contributed by atoms with Crippen LogP contribution >= 0.6 is 0 Å². The number of nitro groups is 1. The molecule has 1 atom stereocenters. The molecule has 1 aromatic rings. The van der Waals surface area contributed by atoms with E-state index >= 15 is 0 Å². The number of rotatable bonds is 6. The zero-order valence-corrected chi connectivity index (χ0v) is 13.5. The van der Waals surface area contributed by atoms with Crippen LogP contribution in [-0.2, 0) is 11.2 Å². The molecule has 0 radical (unpaired) electrons. The first-order valence-corrected chi connectivity index (χ1v) is 8.50. The normalized spacial score (nSPS) is 23.2. The van der Waals surface area contributed by atoms with Crippen LogP contribution in [0.1, 0.15) is 18.4 Å². The molecule has 6 heteroatoms. The van der Waals surface area contributed by atoms with Crippen molar-refractivity contribution in [1.29, 1.82) is 0 Å². The van der Waals surface area contributed by atoms with Crippen LogP contribution < -0.4 is 0 Å². The zero-order chi connectivity index (χ0) is 16.1. The molecule has 0 saturated carbocycles. The molecule has 0 spiro atoms. The molecular weight excluding hydrogens is 294 g/mol. The highest BCUT2D eigenvalue weighted by Crippen LogP contribution is 2.15. The van der Waals surface area contributed by atoms with Crippen LogP contribution in [0.2, 0.25) is 0 Å². The third-order valence-electron chi connectivity index (χ3n) is 4.81. The minimum Gasteiger partial charge on any atom is -0.377 e. The van der Waals surface area contributed by atoms with Gasteiger partial charge in [-0.15, -0.1) is 0 Å². The second kappa shape index (κ2) is 7.86. The highest BCUT2D eigenvalue weighted by Gasteiger charge is 2.22. The number of nitrogens with zero attached hydrogens (tertiary/aromatic N) is 3. The predicted molar refractivity (Wildman–Crippen MR) is 88.7 cm³/mol. The Morgan fingerprint density at radius 1 is 1.13 bits per heavy atom. The van der Waals surface area contributed by atoms with Crippen LogP contribution in [0.4, 0.5) is 5.69 Å². The van der Waals surface area contributed by atoms with E-state index in [0.29, 0.717) is 6.10 Å². The van der Waals surface area contributed by atoms with Crippen molar-refractivity contribution in [2.24, 2.45) is 0 Å². The molecule has 3 rings (SSSR count). The SMILES string of the molecule is O=[N+]([O-])c1ccc(CCN2CCN(C[C@@H]3CCCO3)CC2)cc1. The third kappa shape index (κ3) is 4.73. The molecule has 0 bridgehead atoms. The van der Waals surface area contributed by atoms with Crippen molar-refractivity contribution in [2.45, 2.75) is 25.4 Å². The Bertz CT molecular complexity index is 506. The van der Waals surface area contributed by atoms with E-state index in [1.165, 1.54) is 12.8 Å². The minimum absolute atomic E-state index is 0.163. The van der Waals surface area contributed by atoms with Crippen LogP contribution in [0.5, 0.6) is 0 Å². The number of benzene rings is 1. The number of non-ortho nitro benzene ring substituents is 1. The van der Waals surface area contributed by atoms with E-state index in [4.69, 9.17) is 4.74 Å². The first-order valence-electron chi connectivity index (χ1n) is 8.50. The van der Waals surface area contributed by atoms with Crippen LogP contribution in [0.25, 0.3) is 0 Å². The van der Waals surface area contributed by atoms with Crippen LogP contribution in [0.3, 0.4) is 0 Å². The van der Waals surface area contributed by atoms with Crippen molar-refractivity contribution < 1.29 is 9.66 Å². The predicted octanol–water partition coefficient (Wildman–Crippen LogP) is 1.93. The fourth-order valence-electron chi connectivity index (χ4n) is 3.34. The molecule has 2 aliphatic heterocycles. The average molecular weight is 319 g/mol. The molecule has 1 aromatic carbocycles. The first kappa shape index (κ1) is 16.4. The van der Waals surface area contributed by atoms with Gasteiger partial charge in [0.1, 0.15) is 0 Å². The van der Waals surface area contributed by atoms with Gasteiger partial charge in [-0.2, -0.15) is 0 Å². The van der Waals surface area contributed by atoms with Crippen molar-refractivity contribution >= 4 is 5.69 Å². The summed E-state index contributed by atoms with van der Waals surface area (Å²) in [4.78, 5) is 15.3. The van der Waals surface area contributed by atoms with Crippen LogP contribution in [0.15, 0.2) is 24.3 Å². The Hall–Kier alpha value is -1.50. The first-order chi connectivity index (χ1) is 11.2. The fourth-order valence-corrected chi connectivity index (χ4v) is 3.34. The summed E-state index contributed by atoms with van der Waals surface area (Å²) in [7, 11) is 0. The molecule has 0 aromatic heterocycles. The summed E-state index contributed by atoms with van der Waals surface area (Å²) in [5, 5.41) is 10.7. The maximum Gasteiger partial charge on any atom is 0.269 e. The van der Waals surface area contributed by atoms with Crippen molar-refractivity contribution in [2.75, 3.05) is 45.9 Å². The lowest BCUT2D eigenvalue weighted by molar-refractivity contribution is -0.384. The van der Waals surface area contributed by atoms with E-state index in [1.807, 2.05) is 12.1 Å². The number of piperazine rings is 1. The lowest BCUT2D eigenvalue weighted by Crippen LogP contribution is -2.48. The minimum atomic E-state index is -0.350. The molecule has 0 N–H and O–H groups in total. The smallest absolute Gasteiger partial charge is 0.269 e.